The zero-order valence-electron chi connectivity index (χ0n) is 16.5. The van der Waals surface area contributed by atoms with Crippen LogP contribution in [0, 0.1) is 23.4 Å². The third-order valence-corrected chi connectivity index (χ3v) is 7.28. The van der Waals surface area contributed by atoms with Gasteiger partial charge in [0.25, 0.3) is 5.56 Å². The van der Waals surface area contributed by atoms with Crippen LogP contribution in [-0.4, -0.2) is 39.8 Å². The average molecular weight is 454 g/mol. The lowest BCUT2D eigenvalue weighted by Crippen LogP contribution is -2.49. The van der Waals surface area contributed by atoms with Gasteiger partial charge in [-0.3, -0.25) is 14.0 Å². The Hall–Kier alpha value is -2.37. The molecular formula is C20H21F3N4O3S. The Morgan fingerprint density at radius 2 is 1.84 bits per heavy atom. The van der Waals surface area contributed by atoms with Crippen LogP contribution < -0.4 is 21.6 Å². The highest BCUT2D eigenvalue weighted by Gasteiger charge is 2.36. The minimum absolute atomic E-state index is 0.000855. The summed E-state index contributed by atoms with van der Waals surface area (Å²) in [5.74, 6) is -3.93. The van der Waals surface area contributed by atoms with E-state index in [-0.39, 0.29) is 47.4 Å². The number of aliphatic hydroxyl groups is 1. The van der Waals surface area contributed by atoms with Crippen LogP contribution in [0.15, 0.2) is 9.59 Å². The number of H-pyrrole nitrogens is 1. The number of aliphatic hydroxyl groups excluding tert-OH is 1. The van der Waals surface area contributed by atoms with Gasteiger partial charge in [0.2, 0.25) is 5.43 Å². The number of rotatable bonds is 4. The minimum atomic E-state index is -1.46. The molecule has 3 aromatic rings. The largest absolute Gasteiger partial charge is 0.396 e. The van der Waals surface area contributed by atoms with Gasteiger partial charge < -0.3 is 20.3 Å². The molecule has 7 nitrogen and oxygen atoms in total. The van der Waals surface area contributed by atoms with E-state index in [1.165, 1.54) is 9.47 Å². The third-order valence-electron chi connectivity index (χ3n) is 6.40. The van der Waals surface area contributed by atoms with Crippen LogP contribution >= 0.6 is 11.5 Å². The van der Waals surface area contributed by atoms with Gasteiger partial charge in [0.15, 0.2) is 17.5 Å². The summed E-state index contributed by atoms with van der Waals surface area (Å²) in [7, 11) is 0. The van der Waals surface area contributed by atoms with Gasteiger partial charge in [-0.1, -0.05) is 0 Å². The summed E-state index contributed by atoms with van der Waals surface area (Å²) in [5.41, 5.74) is 3.59. The lowest BCUT2D eigenvalue weighted by atomic mass is 9.89. The molecule has 3 heterocycles. The molecule has 1 saturated carbocycles. The van der Waals surface area contributed by atoms with E-state index in [4.69, 9.17) is 10.8 Å². The van der Waals surface area contributed by atoms with Crippen molar-refractivity contribution in [3.05, 3.63) is 38.0 Å². The van der Waals surface area contributed by atoms with Gasteiger partial charge in [-0.25, -0.2) is 13.2 Å². The van der Waals surface area contributed by atoms with Crippen LogP contribution in [0.4, 0.5) is 18.9 Å². The van der Waals surface area contributed by atoms with Crippen LogP contribution in [0.5, 0.6) is 0 Å². The second-order valence-electron chi connectivity index (χ2n) is 8.33. The summed E-state index contributed by atoms with van der Waals surface area (Å²) in [4.78, 5) is 26.6. The van der Waals surface area contributed by atoms with Crippen molar-refractivity contribution in [1.29, 1.82) is 0 Å². The van der Waals surface area contributed by atoms with Crippen LogP contribution in [-0.2, 0) is 0 Å². The second kappa shape index (κ2) is 7.35. The normalized spacial score (nSPS) is 22.0. The molecule has 0 radical (unpaired) electrons. The molecule has 166 valence electrons. The van der Waals surface area contributed by atoms with Crippen molar-refractivity contribution in [1.82, 2.24) is 8.94 Å². The highest BCUT2D eigenvalue weighted by Crippen LogP contribution is 2.43. The number of benzene rings is 1. The summed E-state index contributed by atoms with van der Waals surface area (Å²) in [6.07, 6.45) is 2.35. The van der Waals surface area contributed by atoms with Gasteiger partial charge in [0.1, 0.15) is 15.9 Å². The van der Waals surface area contributed by atoms with Gasteiger partial charge in [0.05, 0.1) is 10.9 Å². The topological polar surface area (TPSA) is 104 Å². The number of nitrogens with one attached hydrogen (secondary N) is 1. The quantitative estimate of drug-likeness (QED) is 0.525. The van der Waals surface area contributed by atoms with E-state index in [0.717, 1.165) is 11.5 Å². The number of nitrogens with zero attached hydrogens (tertiary/aromatic N) is 2. The van der Waals surface area contributed by atoms with Gasteiger partial charge in [0, 0.05) is 31.8 Å². The lowest BCUT2D eigenvalue weighted by molar-refractivity contribution is 0.226. The Morgan fingerprint density at radius 1 is 1.10 bits per heavy atom. The first-order valence-electron chi connectivity index (χ1n) is 10.2. The number of nitrogens with two attached hydrogens (primary N) is 1. The molecule has 31 heavy (non-hydrogen) atoms. The average Bonchev–Trinajstić information content (AvgIpc) is 3.50. The van der Waals surface area contributed by atoms with E-state index in [1.54, 1.807) is 0 Å². The highest BCUT2D eigenvalue weighted by atomic mass is 32.1. The molecule has 1 saturated heterocycles. The number of hydrogen-bond acceptors (Lipinski definition) is 6. The molecule has 2 aromatic heterocycles. The van der Waals surface area contributed by atoms with E-state index in [9.17, 15) is 9.59 Å². The molecule has 0 spiro atoms. The van der Waals surface area contributed by atoms with Gasteiger partial charge in [-0.15, -0.1) is 0 Å². The predicted molar refractivity (Wildman–Crippen MR) is 112 cm³/mol. The molecule has 2 fully saturated rings. The van der Waals surface area contributed by atoms with Gasteiger partial charge in [-0.05, 0) is 43.1 Å². The van der Waals surface area contributed by atoms with Crippen molar-refractivity contribution in [2.24, 2.45) is 11.7 Å². The Balaban J connectivity index is 1.77. The number of piperidine rings is 1. The molecule has 5 rings (SSSR count). The van der Waals surface area contributed by atoms with E-state index in [0.29, 0.717) is 25.7 Å². The fourth-order valence-corrected chi connectivity index (χ4v) is 5.59. The number of aromatic amines is 1. The minimum Gasteiger partial charge on any atom is -0.396 e. The summed E-state index contributed by atoms with van der Waals surface area (Å²) in [6, 6.07) is -0.636. The molecule has 4 N–H and O–H groups in total. The number of anilines is 1. The molecule has 0 bridgehead atoms. The molecular weight excluding hydrogens is 433 g/mol. The molecule has 11 heteroatoms. The third kappa shape index (κ3) is 3.01. The van der Waals surface area contributed by atoms with E-state index < -0.39 is 45.6 Å². The van der Waals surface area contributed by atoms with Crippen molar-refractivity contribution in [3.8, 4) is 0 Å². The first-order valence-corrected chi connectivity index (χ1v) is 11.0. The molecule has 1 aromatic carbocycles. The zero-order chi connectivity index (χ0) is 22.0. The number of hydrogen-bond donors (Lipinski definition) is 3. The number of halogens is 3. The SMILES string of the molecule is N[C@@H]1CN(c2c(F)c(F)c3c(=O)c4c(=O)[nH]sc4n(C4CC4)c3c2F)CC[C@@H]1CCO. The van der Waals surface area contributed by atoms with Gasteiger partial charge in [-0.2, -0.15) is 0 Å². The first kappa shape index (κ1) is 20.5. The maximum absolute atomic E-state index is 15.9. The Labute approximate surface area is 178 Å². The maximum Gasteiger partial charge on any atom is 0.271 e. The number of fused-ring (bicyclic) bond motifs is 2. The van der Waals surface area contributed by atoms with Crippen molar-refractivity contribution in [2.75, 3.05) is 24.6 Å². The van der Waals surface area contributed by atoms with Crippen molar-refractivity contribution in [2.45, 2.75) is 37.8 Å². The number of pyridine rings is 1. The van der Waals surface area contributed by atoms with Crippen molar-refractivity contribution < 1.29 is 18.3 Å². The van der Waals surface area contributed by atoms with Gasteiger partial charge >= 0.3 is 0 Å². The molecule has 2 atom stereocenters. The van der Waals surface area contributed by atoms with Crippen LogP contribution in [0.2, 0.25) is 0 Å². The summed E-state index contributed by atoms with van der Waals surface area (Å²) >= 11 is 0.890. The number of aromatic nitrogens is 2. The fraction of sp³-hybridized carbons (Fsp3) is 0.500. The lowest BCUT2D eigenvalue weighted by Gasteiger charge is -2.38. The van der Waals surface area contributed by atoms with Crippen LogP contribution in [0.25, 0.3) is 21.1 Å². The van der Waals surface area contributed by atoms with E-state index in [2.05, 4.69) is 4.37 Å². The molecule has 0 unspecified atom stereocenters. The Bertz CT molecular complexity index is 1310. The Kier molecular flexibility index (Phi) is 4.87. The maximum atomic E-state index is 15.9. The highest BCUT2D eigenvalue weighted by molar-refractivity contribution is 7.12. The monoisotopic (exact) mass is 454 g/mol. The summed E-state index contributed by atoms with van der Waals surface area (Å²) in [5, 5.41) is 8.16. The summed E-state index contributed by atoms with van der Waals surface area (Å²) < 4.78 is 50.1. The molecule has 2 aliphatic rings. The molecule has 1 aliphatic carbocycles. The molecule has 0 amide bonds. The van der Waals surface area contributed by atoms with Crippen LogP contribution in [0.1, 0.15) is 31.7 Å². The molecule has 1 aliphatic heterocycles. The van der Waals surface area contributed by atoms with Crippen molar-refractivity contribution in [3.63, 3.8) is 0 Å². The fourth-order valence-electron chi connectivity index (χ4n) is 4.68. The van der Waals surface area contributed by atoms with E-state index >= 15 is 13.2 Å². The standard InChI is InChI=1S/C20H21F3N4O3S/c21-13-11-16(27(9-1-2-9)20-12(18(11)29)19(30)25-31-20)15(23)17(14(13)22)26-5-3-8(4-6-28)10(24)7-26/h8-10,28H,1-7,24H2,(H,25,30)/t8-,10-/m1/s1. The first-order chi connectivity index (χ1) is 14.8. The summed E-state index contributed by atoms with van der Waals surface area (Å²) in [6.45, 7) is 0.302. The van der Waals surface area contributed by atoms with Crippen LogP contribution in [0.3, 0.4) is 0 Å². The van der Waals surface area contributed by atoms with E-state index in [1.807, 2.05) is 0 Å². The zero-order valence-corrected chi connectivity index (χ0v) is 17.3. The predicted octanol–water partition coefficient (Wildman–Crippen LogP) is 2.19. The second-order valence-corrected chi connectivity index (χ2v) is 9.12. The Morgan fingerprint density at radius 3 is 2.48 bits per heavy atom. The smallest absolute Gasteiger partial charge is 0.271 e. The van der Waals surface area contributed by atoms with Crippen molar-refractivity contribution >= 4 is 38.3 Å².